The normalized spacial score (nSPS) is 15.2. The molecule has 0 aromatic rings. The van der Waals surface area contributed by atoms with Crippen LogP contribution in [0.3, 0.4) is 0 Å². The van der Waals surface area contributed by atoms with Gasteiger partial charge >= 0.3 is 0 Å². The van der Waals surface area contributed by atoms with Crippen LogP contribution in [0.1, 0.15) is 32.6 Å². The summed E-state index contributed by atoms with van der Waals surface area (Å²) in [5.74, 6) is 0.449. The van der Waals surface area contributed by atoms with Crippen LogP contribution in [0.15, 0.2) is 0 Å². The zero-order valence-electron chi connectivity index (χ0n) is 10.6. The molecule has 0 aromatic heterocycles. The van der Waals surface area contributed by atoms with Gasteiger partial charge in [-0.25, -0.2) is 0 Å². The molecule has 2 N–H and O–H groups in total. The molecule has 0 spiro atoms. The highest BCUT2D eigenvalue weighted by Crippen LogP contribution is 2.04. The summed E-state index contributed by atoms with van der Waals surface area (Å²) in [5, 5.41) is 19.1. The minimum Gasteiger partial charge on any atom is -0.391 e. The molecule has 17 heavy (non-hydrogen) atoms. The van der Waals surface area contributed by atoms with Gasteiger partial charge in [-0.2, -0.15) is 0 Å². The number of aliphatic hydroxyl groups is 2. The summed E-state index contributed by atoms with van der Waals surface area (Å²) in [6, 6.07) is 0. The SMILES string of the molecule is CCCCCCN(C[C@H](O)CCl)C[C@H](O)CCl. The molecule has 5 heteroatoms. The van der Waals surface area contributed by atoms with Crippen molar-refractivity contribution in [2.75, 3.05) is 31.4 Å². The lowest BCUT2D eigenvalue weighted by Crippen LogP contribution is -2.39. The first-order valence-electron chi connectivity index (χ1n) is 6.34. The second-order valence-electron chi connectivity index (χ2n) is 4.44. The van der Waals surface area contributed by atoms with Gasteiger partial charge in [-0.15, -0.1) is 23.2 Å². The van der Waals surface area contributed by atoms with E-state index in [0.29, 0.717) is 13.1 Å². The van der Waals surface area contributed by atoms with Gasteiger partial charge in [0.2, 0.25) is 0 Å². The quantitative estimate of drug-likeness (QED) is 0.451. The standard InChI is InChI=1S/C12H25Cl2NO2/c1-2-3-4-5-6-15(9-11(16)7-13)10-12(17)8-14/h11-12,16-17H,2-10H2,1H3/t11-,12-/m1/s1. The van der Waals surface area contributed by atoms with E-state index in [0.717, 1.165) is 13.0 Å². The number of halogens is 2. The van der Waals surface area contributed by atoms with Crippen LogP contribution in [-0.4, -0.2) is 58.7 Å². The summed E-state index contributed by atoms with van der Waals surface area (Å²) in [7, 11) is 0. The number of unbranched alkanes of at least 4 members (excludes halogenated alkanes) is 3. The van der Waals surface area contributed by atoms with Gasteiger partial charge in [0.1, 0.15) is 0 Å². The van der Waals surface area contributed by atoms with Gasteiger partial charge in [0.15, 0.2) is 0 Å². The van der Waals surface area contributed by atoms with Gasteiger partial charge in [0.25, 0.3) is 0 Å². The molecule has 0 saturated carbocycles. The van der Waals surface area contributed by atoms with Crippen molar-refractivity contribution in [1.29, 1.82) is 0 Å². The lowest BCUT2D eigenvalue weighted by molar-refractivity contribution is 0.0850. The van der Waals surface area contributed by atoms with Crippen molar-refractivity contribution in [1.82, 2.24) is 4.90 Å². The van der Waals surface area contributed by atoms with Crippen molar-refractivity contribution in [2.45, 2.75) is 44.8 Å². The van der Waals surface area contributed by atoms with E-state index in [1.54, 1.807) is 0 Å². The van der Waals surface area contributed by atoms with E-state index in [4.69, 9.17) is 23.2 Å². The van der Waals surface area contributed by atoms with Crippen molar-refractivity contribution >= 4 is 23.2 Å². The highest BCUT2D eigenvalue weighted by atomic mass is 35.5. The smallest absolute Gasteiger partial charge is 0.0802 e. The Labute approximate surface area is 115 Å². The van der Waals surface area contributed by atoms with Crippen LogP contribution in [0, 0.1) is 0 Å². The van der Waals surface area contributed by atoms with Gasteiger partial charge < -0.3 is 10.2 Å². The average molecular weight is 286 g/mol. The summed E-state index contributed by atoms with van der Waals surface area (Å²) < 4.78 is 0. The molecular formula is C12H25Cl2NO2. The van der Waals surface area contributed by atoms with Crippen LogP contribution in [0.2, 0.25) is 0 Å². The van der Waals surface area contributed by atoms with Crippen LogP contribution in [-0.2, 0) is 0 Å². The van der Waals surface area contributed by atoms with Crippen LogP contribution < -0.4 is 0 Å². The topological polar surface area (TPSA) is 43.7 Å². The first kappa shape index (κ1) is 17.5. The molecule has 0 fully saturated rings. The first-order valence-corrected chi connectivity index (χ1v) is 7.41. The van der Waals surface area contributed by atoms with Crippen LogP contribution in [0.25, 0.3) is 0 Å². The number of alkyl halides is 2. The molecule has 0 bridgehead atoms. The fraction of sp³-hybridized carbons (Fsp3) is 1.00. The van der Waals surface area contributed by atoms with E-state index >= 15 is 0 Å². The second kappa shape index (κ2) is 11.5. The van der Waals surface area contributed by atoms with E-state index in [2.05, 4.69) is 6.92 Å². The van der Waals surface area contributed by atoms with Crippen molar-refractivity contribution in [2.24, 2.45) is 0 Å². The Kier molecular flexibility index (Phi) is 11.9. The zero-order valence-corrected chi connectivity index (χ0v) is 12.1. The summed E-state index contributed by atoms with van der Waals surface area (Å²) in [5.41, 5.74) is 0. The summed E-state index contributed by atoms with van der Waals surface area (Å²) >= 11 is 11.2. The van der Waals surface area contributed by atoms with E-state index in [1.807, 2.05) is 4.90 Å². The number of hydrogen-bond acceptors (Lipinski definition) is 3. The molecule has 104 valence electrons. The molecule has 0 aliphatic rings. The van der Waals surface area contributed by atoms with Gasteiger partial charge in [-0.1, -0.05) is 26.2 Å². The summed E-state index contributed by atoms with van der Waals surface area (Å²) in [4.78, 5) is 2.04. The Balaban J connectivity index is 3.92. The van der Waals surface area contributed by atoms with Gasteiger partial charge in [-0.05, 0) is 13.0 Å². The molecule has 0 saturated heterocycles. The van der Waals surface area contributed by atoms with E-state index in [1.165, 1.54) is 19.3 Å². The molecule has 0 rings (SSSR count). The maximum Gasteiger partial charge on any atom is 0.0802 e. The van der Waals surface area contributed by atoms with Crippen molar-refractivity contribution in [3.63, 3.8) is 0 Å². The maximum atomic E-state index is 9.53. The first-order chi connectivity index (χ1) is 8.13. The highest BCUT2D eigenvalue weighted by molar-refractivity contribution is 6.18. The number of hydrogen-bond donors (Lipinski definition) is 2. The van der Waals surface area contributed by atoms with Gasteiger partial charge in [-0.3, -0.25) is 4.90 Å². The number of rotatable bonds is 11. The van der Waals surface area contributed by atoms with Crippen molar-refractivity contribution in [3.8, 4) is 0 Å². The molecule has 0 amide bonds. The Hall–Kier alpha value is 0.460. The van der Waals surface area contributed by atoms with Crippen molar-refractivity contribution < 1.29 is 10.2 Å². The lowest BCUT2D eigenvalue weighted by Gasteiger charge is -2.26. The molecule has 0 aromatic carbocycles. The summed E-state index contributed by atoms with van der Waals surface area (Å²) in [6.07, 6.45) is 3.62. The molecule has 0 aliphatic carbocycles. The lowest BCUT2D eigenvalue weighted by atomic mass is 10.2. The largest absolute Gasteiger partial charge is 0.391 e. The summed E-state index contributed by atoms with van der Waals surface area (Å²) in [6.45, 7) is 4.06. The second-order valence-corrected chi connectivity index (χ2v) is 5.05. The minimum atomic E-state index is -0.537. The minimum absolute atomic E-state index is 0.225. The third kappa shape index (κ3) is 10.1. The predicted octanol–water partition coefficient (Wildman–Crippen LogP) is 2.07. The highest BCUT2D eigenvalue weighted by Gasteiger charge is 2.14. The monoisotopic (exact) mass is 285 g/mol. The molecule has 3 nitrogen and oxygen atoms in total. The maximum absolute atomic E-state index is 9.53. The van der Waals surface area contributed by atoms with E-state index in [-0.39, 0.29) is 11.8 Å². The third-order valence-corrected chi connectivity index (χ3v) is 3.33. The fourth-order valence-corrected chi connectivity index (χ4v) is 1.91. The van der Waals surface area contributed by atoms with Crippen LogP contribution in [0.5, 0.6) is 0 Å². The molecule has 0 unspecified atom stereocenters. The number of aliphatic hydroxyl groups excluding tert-OH is 2. The van der Waals surface area contributed by atoms with Gasteiger partial charge in [0.05, 0.1) is 12.2 Å². The Morgan fingerprint density at radius 2 is 1.47 bits per heavy atom. The van der Waals surface area contributed by atoms with E-state index < -0.39 is 12.2 Å². The van der Waals surface area contributed by atoms with E-state index in [9.17, 15) is 10.2 Å². The van der Waals surface area contributed by atoms with Crippen molar-refractivity contribution in [3.05, 3.63) is 0 Å². The molecule has 0 heterocycles. The van der Waals surface area contributed by atoms with Crippen LogP contribution in [0.4, 0.5) is 0 Å². The molecule has 0 radical (unpaired) electrons. The fourth-order valence-electron chi connectivity index (χ4n) is 1.71. The zero-order chi connectivity index (χ0) is 13.1. The predicted molar refractivity (Wildman–Crippen MR) is 74.0 cm³/mol. The Morgan fingerprint density at radius 3 is 1.88 bits per heavy atom. The average Bonchev–Trinajstić information content (AvgIpc) is 2.33. The number of nitrogens with zero attached hydrogens (tertiary/aromatic N) is 1. The Bertz CT molecular complexity index is 161. The Morgan fingerprint density at radius 1 is 0.941 bits per heavy atom. The molecular weight excluding hydrogens is 261 g/mol. The molecule has 0 aliphatic heterocycles. The molecule has 2 atom stereocenters. The third-order valence-electron chi connectivity index (χ3n) is 2.62. The van der Waals surface area contributed by atoms with Crippen LogP contribution >= 0.6 is 23.2 Å². The van der Waals surface area contributed by atoms with Gasteiger partial charge in [0, 0.05) is 24.8 Å².